The molecule has 82 valence electrons. The number of pyridine rings is 1. The minimum absolute atomic E-state index is 0.0278. The number of rotatable bonds is 2. The van der Waals surface area contributed by atoms with Crippen LogP contribution in [-0.4, -0.2) is 26.4 Å². The molecule has 2 rings (SSSR count). The second-order valence-electron chi connectivity index (χ2n) is 3.30. The van der Waals surface area contributed by atoms with Gasteiger partial charge in [0, 0.05) is 19.3 Å². The summed E-state index contributed by atoms with van der Waals surface area (Å²) < 4.78 is 1.55. The molecule has 2 heterocycles. The molecule has 0 fully saturated rings. The van der Waals surface area contributed by atoms with E-state index in [1.54, 1.807) is 22.7 Å². The van der Waals surface area contributed by atoms with Crippen molar-refractivity contribution in [3.8, 4) is 0 Å². The predicted molar refractivity (Wildman–Crippen MR) is 56.5 cm³/mol. The van der Waals surface area contributed by atoms with Crippen molar-refractivity contribution >= 4 is 23.2 Å². The van der Waals surface area contributed by atoms with Crippen LogP contribution in [0.25, 0.3) is 5.65 Å². The van der Waals surface area contributed by atoms with E-state index in [4.69, 9.17) is 5.11 Å². The number of anilines is 1. The van der Waals surface area contributed by atoms with Gasteiger partial charge >= 0.3 is 5.97 Å². The number of carbonyl (C=O) groups excluding carboxylic acids is 1. The van der Waals surface area contributed by atoms with Crippen molar-refractivity contribution in [3.63, 3.8) is 0 Å². The highest BCUT2D eigenvalue weighted by Gasteiger charge is 2.08. The fourth-order valence-electron chi connectivity index (χ4n) is 1.37. The minimum atomic E-state index is -1.08. The van der Waals surface area contributed by atoms with Crippen LogP contribution in [0.5, 0.6) is 0 Å². The molecule has 2 N–H and O–H groups in total. The highest BCUT2D eigenvalue weighted by atomic mass is 16.4. The summed E-state index contributed by atoms with van der Waals surface area (Å²) in [6.45, 7) is 1.40. The van der Waals surface area contributed by atoms with E-state index in [9.17, 15) is 9.59 Å². The third-order valence-corrected chi connectivity index (χ3v) is 1.99. The number of aromatic nitrogens is 2. The summed E-state index contributed by atoms with van der Waals surface area (Å²) in [5.74, 6) is -1.26. The summed E-state index contributed by atoms with van der Waals surface area (Å²) in [4.78, 5) is 25.4. The summed E-state index contributed by atoms with van der Waals surface area (Å²) in [6, 6.07) is 3.30. The third-order valence-electron chi connectivity index (χ3n) is 1.99. The molecule has 1 amide bonds. The number of imidazole rings is 1. The van der Waals surface area contributed by atoms with Gasteiger partial charge in [-0.2, -0.15) is 0 Å². The van der Waals surface area contributed by atoms with Crippen molar-refractivity contribution in [1.82, 2.24) is 9.38 Å². The molecule has 0 aliphatic rings. The Morgan fingerprint density at radius 3 is 2.75 bits per heavy atom. The Hall–Kier alpha value is -2.37. The van der Waals surface area contributed by atoms with E-state index in [-0.39, 0.29) is 11.6 Å². The minimum Gasteiger partial charge on any atom is -0.476 e. The van der Waals surface area contributed by atoms with Crippen molar-refractivity contribution < 1.29 is 14.7 Å². The first-order chi connectivity index (χ1) is 7.56. The number of hydrogen-bond acceptors (Lipinski definition) is 3. The van der Waals surface area contributed by atoms with Crippen LogP contribution in [0.1, 0.15) is 17.4 Å². The number of carboxylic acids is 1. The van der Waals surface area contributed by atoms with Gasteiger partial charge in [0.15, 0.2) is 5.69 Å². The predicted octanol–water partition coefficient (Wildman–Crippen LogP) is 0.991. The van der Waals surface area contributed by atoms with Crippen LogP contribution in [0.15, 0.2) is 24.5 Å². The number of fused-ring (bicyclic) bond motifs is 1. The topological polar surface area (TPSA) is 83.7 Å². The van der Waals surface area contributed by atoms with Gasteiger partial charge in [-0.1, -0.05) is 0 Å². The van der Waals surface area contributed by atoms with Gasteiger partial charge in [-0.25, -0.2) is 9.78 Å². The monoisotopic (exact) mass is 219 g/mol. The molecular weight excluding hydrogens is 210 g/mol. The lowest BCUT2D eigenvalue weighted by Crippen LogP contribution is -2.06. The molecule has 16 heavy (non-hydrogen) atoms. The molecule has 0 saturated carbocycles. The fraction of sp³-hybridized carbons (Fsp3) is 0.100. The lowest BCUT2D eigenvalue weighted by atomic mass is 10.4. The smallest absolute Gasteiger partial charge is 0.356 e. The molecule has 0 bridgehead atoms. The number of hydrogen-bond donors (Lipinski definition) is 2. The highest BCUT2D eigenvalue weighted by Crippen LogP contribution is 2.11. The summed E-state index contributed by atoms with van der Waals surface area (Å²) in [5, 5.41) is 11.4. The number of carbonyl (C=O) groups is 2. The van der Waals surface area contributed by atoms with Gasteiger partial charge in [-0.05, 0) is 12.1 Å². The first kappa shape index (κ1) is 10.2. The second-order valence-corrected chi connectivity index (χ2v) is 3.30. The van der Waals surface area contributed by atoms with Crippen molar-refractivity contribution in [2.24, 2.45) is 0 Å². The standard InChI is InChI=1S/C10H9N3O3/c1-6(14)11-7-2-3-9-12-8(10(15)16)5-13(9)4-7/h2-5H,1H3,(H,11,14)(H,15,16). The zero-order chi connectivity index (χ0) is 11.7. The highest BCUT2D eigenvalue weighted by molar-refractivity contribution is 5.89. The summed E-state index contributed by atoms with van der Waals surface area (Å²) in [5.41, 5.74) is 1.08. The quantitative estimate of drug-likeness (QED) is 0.788. The van der Waals surface area contributed by atoms with E-state index in [1.807, 2.05) is 0 Å². The van der Waals surface area contributed by atoms with E-state index in [2.05, 4.69) is 10.3 Å². The van der Waals surface area contributed by atoms with Gasteiger partial charge in [0.05, 0.1) is 5.69 Å². The largest absolute Gasteiger partial charge is 0.476 e. The van der Waals surface area contributed by atoms with Gasteiger partial charge < -0.3 is 14.8 Å². The summed E-state index contributed by atoms with van der Waals surface area (Å²) in [7, 11) is 0. The van der Waals surface area contributed by atoms with Gasteiger partial charge in [0.2, 0.25) is 5.91 Å². The van der Waals surface area contributed by atoms with Crippen molar-refractivity contribution in [1.29, 1.82) is 0 Å². The van der Waals surface area contributed by atoms with E-state index in [0.717, 1.165) is 0 Å². The molecule has 0 unspecified atom stereocenters. The van der Waals surface area contributed by atoms with E-state index >= 15 is 0 Å². The third kappa shape index (κ3) is 1.85. The van der Waals surface area contributed by atoms with Crippen LogP contribution >= 0.6 is 0 Å². The van der Waals surface area contributed by atoms with Gasteiger partial charge in [-0.15, -0.1) is 0 Å². The zero-order valence-corrected chi connectivity index (χ0v) is 8.47. The Kier molecular flexibility index (Phi) is 2.32. The molecule has 0 aliphatic carbocycles. The first-order valence-electron chi connectivity index (χ1n) is 4.56. The van der Waals surface area contributed by atoms with Crippen LogP contribution in [0.3, 0.4) is 0 Å². The molecule has 0 aromatic carbocycles. The molecule has 2 aromatic heterocycles. The number of aromatic carboxylic acids is 1. The normalized spacial score (nSPS) is 10.3. The van der Waals surface area contributed by atoms with Crippen LogP contribution < -0.4 is 5.32 Å². The van der Waals surface area contributed by atoms with E-state index in [1.165, 1.54) is 13.1 Å². The van der Waals surface area contributed by atoms with Crippen LogP contribution in [0.4, 0.5) is 5.69 Å². The van der Waals surface area contributed by atoms with Crippen LogP contribution in [0.2, 0.25) is 0 Å². The fourth-order valence-corrected chi connectivity index (χ4v) is 1.37. The van der Waals surface area contributed by atoms with Gasteiger partial charge in [0.1, 0.15) is 5.65 Å². The molecule has 0 saturated heterocycles. The Morgan fingerprint density at radius 2 is 2.12 bits per heavy atom. The maximum Gasteiger partial charge on any atom is 0.356 e. The lowest BCUT2D eigenvalue weighted by Gasteiger charge is -2.01. The summed E-state index contributed by atoms with van der Waals surface area (Å²) >= 11 is 0. The van der Waals surface area contributed by atoms with Gasteiger partial charge in [-0.3, -0.25) is 4.79 Å². The number of amides is 1. The SMILES string of the molecule is CC(=O)Nc1ccc2nc(C(=O)O)cn2c1. The summed E-state index contributed by atoms with van der Waals surface area (Å²) in [6.07, 6.45) is 3.00. The average Bonchev–Trinajstić information content (AvgIpc) is 2.59. The Balaban J connectivity index is 2.45. The number of nitrogens with one attached hydrogen (secondary N) is 1. The van der Waals surface area contributed by atoms with E-state index in [0.29, 0.717) is 11.3 Å². The second kappa shape index (κ2) is 3.65. The maximum absolute atomic E-state index is 10.8. The Labute approximate surface area is 90.5 Å². The zero-order valence-electron chi connectivity index (χ0n) is 8.47. The molecule has 0 spiro atoms. The molecule has 6 heteroatoms. The molecule has 6 nitrogen and oxygen atoms in total. The van der Waals surface area contributed by atoms with Gasteiger partial charge in [0.25, 0.3) is 0 Å². The Bertz CT molecular complexity index is 574. The maximum atomic E-state index is 10.8. The molecule has 2 aromatic rings. The van der Waals surface area contributed by atoms with Crippen molar-refractivity contribution in [2.75, 3.05) is 5.32 Å². The Morgan fingerprint density at radius 1 is 1.38 bits per heavy atom. The molecule has 0 aliphatic heterocycles. The van der Waals surface area contributed by atoms with Crippen LogP contribution in [-0.2, 0) is 4.79 Å². The number of nitrogens with zero attached hydrogens (tertiary/aromatic N) is 2. The van der Waals surface area contributed by atoms with Crippen molar-refractivity contribution in [2.45, 2.75) is 6.92 Å². The average molecular weight is 219 g/mol. The first-order valence-corrected chi connectivity index (χ1v) is 4.56. The molecule has 0 radical (unpaired) electrons. The lowest BCUT2D eigenvalue weighted by molar-refractivity contribution is -0.114. The van der Waals surface area contributed by atoms with Crippen LogP contribution in [0, 0.1) is 0 Å². The number of carboxylic acid groups (broad SMARTS) is 1. The molecular formula is C10H9N3O3. The van der Waals surface area contributed by atoms with E-state index < -0.39 is 5.97 Å². The van der Waals surface area contributed by atoms with Crippen molar-refractivity contribution in [3.05, 3.63) is 30.2 Å². The molecule has 0 atom stereocenters.